The predicted octanol–water partition coefficient (Wildman–Crippen LogP) is 1.53. The van der Waals surface area contributed by atoms with Gasteiger partial charge >= 0.3 is 0 Å². The van der Waals surface area contributed by atoms with Crippen LogP contribution in [-0.4, -0.2) is 23.9 Å². The molecule has 3 N–H and O–H groups in total. The Morgan fingerprint density at radius 2 is 2.29 bits per heavy atom. The number of hydrogen-bond donors (Lipinski definition) is 2. The van der Waals surface area contributed by atoms with E-state index >= 15 is 0 Å². The molecular weight excluding hydrogens is 292 g/mol. The maximum absolute atomic E-state index is 11.9. The van der Waals surface area contributed by atoms with Crippen molar-refractivity contribution < 1.29 is 14.3 Å². The highest BCUT2D eigenvalue weighted by atomic mass is 32.1. The summed E-state index contributed by atoms with van der Waals surface area (Å²) in [6.07, 6.45) is 1.53. The molecule has 1 amide bonds. The third-order valence-electron chi connectivity index (χ3n) is 2.80. The molecule has 0 unspecified atom stereocenters. The number of anilines is 1. The molecule has 0 fully saturated rings. The summed E-state index contributed by atoms with van der Waals surface area (Å²) in [5.74, 6) is 1.03. The first-order valence-corrected chi connectivity index (χ1v) is 6.91. The van der Waals surface area contributed by atoms with E-state index in [1.165, 1.54) is 6.21 Å². The number of aryl methyl sites for hydroxylation is 1. The number of ether oxygens (including phenoxy) is 2. The number of amides is 1. The van der Waals surface area contributed by atoms with Crippen molar-refractivity contribution in [1.29, 1.82) is 0 Å². The molecule has 0 spiro atoms. The maximum Gasteiger partial charge on any atom is 0.283 e. The summed E-state index contributed by atoms with van der Waals surface area (Å²) < 4.78 is 10.5. The van der Waals surface area contributed by atoms with Crippen molar-refractivity contribution in [2.24, 2.45) is 5.10 Å². The third-order valence-corrected chi connectivity index (χ3v) is 3.78. The molecule has 7 nitrogen and oxygen atoms in total. The van der Waals surface area contributed by atoms with Crippen LogP contribution in [0.3, 0.4) is 0 Å². The molecular formula is C13H12N4O3S. The highest BCUT2D eigenvalue weighted by Gasteiger charge is 2.14. The Morgan fingerprint density at radius 1 is 1.48 bits per heavy atom. The molecule has 0 radical (unpaired) electrons. The Morgan fingerprint density at radius 3 is 3.05 bits per heavy atom. The van der Waals surface area contributed by atoms with Crippen molar-refractivity contribution in [3.63, 3.8) is 0 Å². The zero-order valence-electron chi connectivity index (χ0n) is 11.1. The summed E-state index contributed by atoms with van der Waals surface area (Å²) in [6.45, 7) is 1.95. The molecule has 2 aromatic rings. The van der Waals surface area contributed by atoms with Crippen LogP contribution in [0.2, 0.25) is 0 Å². The molecule has 1 aliphatic heterocycles. The van der Waals surface area contributed by atoms with E-state index in [9.17, 15) is 4.79 Å². The summed E-state index contributed by atoms with van der Waals surface area (Å²) in [7, 11) is 0. The fourth-order valence-corrected chi connectivity index (χ4v) is 2.56. The average molecular weight is 304 g/mol. The molecule has 108 valence electrons. The first kappa shape index (κ1) is 13.4. The van der Waals surface area contributed by atoms with Crippen LogP contribution in [0, 0.1) is 6.92 Å². The number of rotatable bonds is 3. The van der Waals surface area contributed by atoms with E-state index in [1.807, 2.05) is 6.07 Å². The Labute approximate surface area is 124 Å². The van der Waals surface area contributed by atoms with Gasteiger partial charge in [0.15, 0.2) is 16.6 Å². The van der Waals surface area contributed by atoms with Gasteiger partial charge in [-0.05, 0) is 30.7 Å². The summed E-state index contributed by atoms with van der Waals surface area (Å²) in [5.41, 5.74) is 9.38. The number of nitrogens with one attached hydrogen (secondary N) is 1. The van der Waals surface area contributed by atoms with Crippen LogP contribution in [0.15, 0.2) is 23.3 Å². The molecule has 0 saturated carbocycles. The molecule has 1 aliphatic rings. The van der Waals surface area contributed by atoms with Gasteiger partial charge in [0.1, 0.15) is 4.88 Å². The first-order valence-electron chi connectivity index (χ1n) is 6.09. The third kappa shape index (κ3) is 2.79. The second kappa shape index (κ2) is 5.41. The number of hydrazone groups is 1. The number of carbonyl (C=O) groups excluding carboxylic acids is 1. The number of aromatic nitrogens is 1. The van der Waals surface area contributed by atoms with Gasteiger partial charge in [-0.3, -0.25) is 4.79 Å². The zero-order chi connectivity index (χ0) is 14.8. The smallest absolute Gasteiger partial charge is 0.283 e. The Kier molecular flexibility index (Phi) is 3.44. The molecule has 8 heteroatoms. The second-order valence-electron chi connectivity index (χ2n) is 4.28. The molecule has 21 heavy (non-hydrogen) atoms. The van der Waals surface area contributed by atoms with Crippen molar-refractivity contribution in [1.82, 2.24) is 10.4 Å². The van der Waals surface area contributed by atoms with Crippen LogP contribution in [-0.2, 0) is 0 Å². The zero-order valence-corrected chi connectivity index (χ0v) is 11.9. The lowest BCUT2D eigenvalue weighted by Gasteiger charge is -1.98. The van der Waals surface area contributed by atoms with E-state index in [-0.39, 0.29) is 12.7 Å². The molecule has 0 saturated heterocycles. The van der Waals surface area contributed by atoms with Crippen molar-refractivity contribution in [2.75, 3.05) is 12.5 Å². The van der Waals surface area contributed by atoms with Crippen LogP contribution in [0.5, 0.6) is 11.5 Å². The second-order valence-corrected chi connectivity index (χ2v) is 5.31. The Balaban J connectivity index is 1.67. The van der Waals surface area contributed by atoms with Gasteiger partial charge in [-0.2, -0.15) is 5.10 Å². The lowest BCUT2D eigenvalue weighted by molar-refractivity contribution is 0.0958. The predicted molar refractivity (Wildman–Crippen MR) is 78.9 cm³/mol. The van der Waals surface area contributed by atoms with Crippen LogP contribution < -0.4 is 20.6 Å². The van der Waals surface area contributed by atoms with Crippen molar-refractivity contribution >= 4 is 28.6 Å². The van der Waals surface area contributed by atoms with Crippen LogP contribution in [0.1, 0.15) is 20.9 Å². The molecule has 1 aromatic carbocycles. The Hall–Kier alpha value is -2.61. The Bertz CT molecular complexity index is 726. The minimum atomic E-state index is -0.335. The number of nitrogens with two attached hydrogens (primary N) is 1. The minimum Gasteiger partial charge on any atom is -0.454 e. The van der Waals surface area contributed by atoms with Crippen molar-refractivity contribution in [3.05, 3.63) is 34.3 Å². The van der Waals surface area contributed by atoms with Crippen molar-refractivity contribution in [2.45, 2.75) is 6.92 Å². The molecule has 0 bridgehead atoms. The fraction of sp³-hybridized carbons (Fsp3) is 0.154. The molecule has 2 heterocycles. The monoisotopic (exact) mass is 304 g/mol. The highest BCUT2D eigenvalue weighted by molar-refractivity contribution is 7.17. The van der Waals surface area contributed by atoms with Gasteiger partial charge in [-0.1, -0.05) is 11.3 Å². The van der Waals surface area contributed by atoms with Gasteiger partial charge in [0.25, 0.3) is 5.91 Å². The quantitative estimate of drug-likeness (QED) is 0.662. The SMILES string of the molecule is Cc1nc(N)sc1C(=O)NN=Cc1ccc2c(c1)OCO2. The largest absolute Gasteiger partial charge is 0.454 e. The van der Waals surface area contributed by atoms with Gasteiger partial charge in [-0.15, -0.1) is 0 Å². The van der Waals surface area contributed by atoms with Crippen LogP contribution in [0.25, 0.3) is 0 Å². The molecule has 1 aromatic heterocycles. The lowest BCUT2D eigenvalue weighted by atomic mass is 10.2. The maximum atomic E-state index is 11.9. The number of benzene rings is 1. The summed E-state index contributed by atoms with van der Waals surface area (Å²) >= 11 is 1.13. The first-order chi connectivity index (χ1) is 10.1. The topological polar surface area (TPSA) is 98.8 Å². The lowest BCUT2D eigenvalue weighted by Crippen LogP contribution is -2.17. The summed E-state index contributed by atoms with van der Waals surface area (Å²) in [6, 6.07) is 5.40. The number of carbonyl (C=O) groups is 1. The standard InChI is InChI=1S/C13H12N4O3S/c1-7-11(21-13(14)16-7)12(18)17-15-5-8-2-3-9-10(4-8)20-6-19-9/h2-5H,6H2,1H3,(H2,14,16)(H,17,18). The van der Waals surface area contributed by atoms with Crippen molar-refractivity contribution in [3.8, 4) is 11.5 Å². The fourth-order valence-electron chi connectivity index (χ4n) is 1.84. The van der Waals surface area contributed by atoms with E-state index in [2.05, 4.69) is 15.5 Å². The van der Waals surface area contributed by atoms with Gasteiger partial charge in [0.05, 0.1) is 11.9 Å². The number of thiazole rings is 1. The molecule has 3 rings (SSSR count). The van der Waals surface area contributed by atoms with E-state index in [0.29, 0.717) is 27.2 Å². The van der Waals surface area contributed by atoms with E-state index in [0.717, 1.165) is 16.9 Å². The van der Waals surface area contributed by atoms with E-state index in [4.69, 9.17) is 15.2 Å². The molecule has 0 aliphatic carbocycles. The summed E-state index contributed by atoms with van der Waals surface area (Å²) in [4.78, 5) is 16.3. The van der Waals surface area contributed by atoms with Gasteiger partial charge in [-0.25, -0.2) is 10.4 Å². The number of fused-ring (bicyclic) bond motifs is 1. The molecule has 0 atom stereocenters. The number of nitrogen functional groups attached to an aromatic ring is 1. The normalized spacial score (nSPS) is 12.8. The number of nitrogens with zero attached hydrogens (tertiary/aromatic N) is 2. The minimum absolute atomic E-state index is 0.221. The van der Waals surface area contributed by atoms with Gasteiger partial charge < -0.3 is 15.2 Å². The van der Waals surface area contributed by atoms with E-state index < -0.39 is 0 Å². The summed E-state index contributed by atoms with van der Waals surface area (Å²) in [5, 5.41) is 4.27. The average Bonchev–Trinajstić information content (AvgIpc) is 3.04. The van der Waals surface area contributed by atoms with E-state index in [1.54, 1.807) is 19.1 Å². The van der Waals surface area contributed by atoms with Crippen LogP contribution in [0.4, 0.5) is 5.13 Å². The highest BCUT2D eigenvalue weighted by Crippen LogP contribution is 2.31. The number of hydrogen-bond acceptors (Lipinski definition) is 7. The van der Waals surface area contributed by atoms with Gasteiger partial charge in [0.2, 0.25) is 6.79 Å². The van der Waals surface area contributed by atoms with Gasteiger partial charge in [0, 0.05) is 0 Å². The van der Waals surface area contributed by atoms with Crippen LogP contribution >= 0.6 is 11.3 Å².